The monoisotopic (exact) mass is 462 g/mol. The Morgan fingerprint density at radius 2 is 1.59 bits per heavy atom. The maximum atomic E-state index is 12.4. The first-order chi connectivity index (χ1) is 16.5. The van der Waals surface area contributed by atoms with Crippen LogP contribution in [0.1, 0.15) is 60.2 Å². The predicted molar refractivity (Wildman–Crippen MR) is 135 cm³/mol. The minimum absolute atomic E-state index is 0.0413. The molecule has 0 saturated carbocycles. The lowest BCUT2D eigenvalue weighted by atomic mass is 10.0. The molecule has 0 bridgehead atoms. The van der Waals surface area contributed by atoms with Gasteiger partial charge in [0.1, 0.15) is 0 Å². The summed E-state index contributed by atoms with van der Waals surface area (Å²) in [4.78, 5) is 40.3. The van der Waals surface area contributed by atoms with E-state index in [0.29, 0.717) is 30.7 Å². The van der Waals surface area contributed by atoms with Gasteiger partial charge in [0.2, 0.25) is 0 Å². The van der Waals surface area contributed by atoms with Crippen LogP contribution < -0.4 is 5.32 Å². The summed E-state index contributed by atoms with van der Waals surface area (Å²) in [6, 6.07) is 15.4. The standard InChI is InChI=1S/C28H34N2O4/c1-4-7-21-8-6-9-22(20-21)10-15-25(31)16-17-26(29-3)23-11-13-24(14-12-23)28(33)30-19-18-27(32)34-5-2/h6,8-9,11-14,16-17,20H,4-5,7,10,15,18-19H2,1-3H3,(H,30,33)/b17-16-,29-26?. The molecule has 0 heterocycles. The zero-order chi connectivity index (χ0) is 24.8. The van der Waals surface area contributed by atoms with Gasteiger partial charge in [-0.25, -0.2) is 0 Å². The maximum Gasteiger partial charge on any atom is 0.307 e. The fourth-order valence-corrected chi connectivity index (χ4v) is 3.46. The zero-order valence-electron chi connectivity index (χ0n) is 20.3. The van der Waals surface area contributed by atoms with Crippen molar-refractivity contribution < 1.29 is 19.1 Å². The van der Waals surface area contributed by atoms with Gasteiger partial charge in [-0.05, 0) is 60.7 Å². The Labute approximate surface area is 202 Å². The third kappa shape index (κ3) is 9.14. The quantitative estimate of drug-likeness (QED) is 0.270. The smallest absolute Gasteiger partial charge is 0.307 e. The Kier molecular flexibility index (Phi) is 11.5. The Morgan fingerprint density at radius 3 is 2.24 bits per heavy atom. The molecule has 0 unspecified atom stereocenters. The number of hydrogen-bond donors (Lipinski definition) is 1. The van der Waals surface area contributed by atoms with Gasteiger partial charge in [-0.3, -0.25) is 19.4 Å². The van der Waals surface area contributed by atoms with E-state index in [4.69, 9.17) is 4.74 Å². The van der Waals surface area contributed by atoms with Crippen LogP contribution in [0.3, 0.4) is 0 Å². The molecule has 0 atom stereocenters. The highest BCUT2D eigenvalue weighted by atomic mass is 16.5. The number of aliphatic imine (C=N–C) groups is 1. The van der Waals surface area contributed by atoms with Crippen molar-refractivity contribution in [2.45, 2.75) is 46.0 Å². The van der Waals surface area contributed by atoms with Crippen LogP contribution in [-0.2, 0) is 27.2 Å². The second-order valence-corrected chi connectivity index (χ2v) is 7.87. The molecule has 2 aromatic rings. The lowest BCUT2D eigenvalue weighted by Gasteiger charge is -2.07. The van der Waals surface area contributed by atoms with Crippen LogP contribution in [0, 0.1) is 0 Å². The van der Waals surface area contributed by atoms with E-state index in [1.165, 1.54) is 11.1 Å². The van der Waals surface area contributed by atoms with Crippen LogP contribution in [0.4, 0.5) is 0 Å². The SMILES string of the molecule is CCCc1cccc(CCC(=O)/C=C\C(=NC)c2ccc(C(=O)NCCC(=O)OCC)cc2)c1. The molecule has 0 spiro atoms. The zero-order valence-corrected chi connectivity index (χ0v) is 20.3. The lowest BCUT2D eigenvalue weighted by Crippen LogP contribution is -2.26. The summed E-state index contributed by atoms with van der Waals surface area (Å²) in [5.41, 5.74) is 4.43. The molecule has 1 N–H and O–H groups in total. The first kappa shape index (κ1) is 26.7. The summed E-state index contributed by atoms with van der Waals surface area (Å²) in [7, 11) is 1.67. The molecule has 6 heteroatoms. The van der Waals surface area contributed by atoms with Crippen LogP contribution >= 0.6 is 0 Å². The van der Waals surface area contributed by atoms with Crippen molar-refractivity contribution in [2.75, 3.05) is 20.2 Å². The van der Waals surface area contributed by atoms with Crippen LogP contribution in [0.5, 0.6) is 0 Å². The van der Waals surface area contributed by atoms with Crippen molar-refractivity contribution in [1.82, 2.24) is 5.32 Å². The number of benzene rings is 2. The number of nitrogens with zero attached hydrogens (tertiary/aromatic N) is 1. The lowest BCUT2D eigenvalue weighted by molar-refractivity contribution is -0.142. The molecule has 0 aromatic heterocycles. The van der Waals surface area contributed by atoms with E-state index < -0.39 is 0 Å². The molecule has 0 fully saturated rings. The van der Waals surface area contributed by atoms with E-state index in [1.54, 1.807) is 50.4 Å². The van der Waals surface area contributed by atoms with Gasteiger partial charge in [0.25, 0.3) is 5.91 Å². The Balaban J connectivity index is 1.88. The number of aryl methyl sites for hydroxylation is 2. The van der Waals surface area contributed by atoms with Crippen molar-refractivity contribution in [3.63, 3.8) is 0 Å². The summed E-state index contributed by atoms with van der Waals surface area (Å²) in [6.07, 6.45) is 6.70. The first-order valence-electron chi connectivity index (χ1n) is 11.8. The number of rotatable bonds is 13. The van der Waals surface area contributed by atoms with Crippen molar-refractivity contribution in [3.05, 3.63) is 82.9 Å². The Morgan fingerprint density at radius 1 is 0.912 bits per heavy atom. The van der Waals surface area contributed by atoms with Gasteiger partial charge >= 0.3 is 5.97 Å². The summed E-state index contributed by atoms with van der Waals surface area (Å²) < 4.78 is 4.84. The predicted octanol–water partition coefficient (Wildman–Crippen LogP) is 4.50. The van der Waals surface area contributed by atoms with Gasteiger partial charge in [0.05, 0.1) is 18.7 Å². The van der Waals surface area contributed by atoms with Gasteiger partial charge in [-0.2, -0.15) is 0 Å². The fourth-order valence-electron chi connectivity index (χ4n) is 3.46. The number of esters is 1. The van der Waals surface area contributed by atoms with Crippen LogP contribution in [0.25, 0.3) is 0 Å². The summed E-state index contributed by atoms with van der Waals surface area (Å²) >= 11 is 0. The largest absolute Gasteiger partial charge is 0.466 e. The molecule has 2 aromatic carbocycles. The van der Waals surface area contributed by atoms with E-state index in [1.807, 2.05) is 6.07 Å². The van der Waals surface area contributed by atoms with Crippen molar-refractivity contribution in [3.8, 4) is 0 Å². The van der Waals surface area contributed by atoms with E-state index >= 15 is 0 Å². The highest BCUT2D eigenvalue weighted by Gasteiger charge is 2.08. The van der Waals surface area contributed by atoms with Gasteiger partial charge in [0, 0.05) is 25.6 Å². The molecule has 1 amide bonds. The summed E-state index contributed by atoms with van der Waals surface area (Å²) in [5.74, 6) is -0.563. The van der Waals surface area contributed by atoms with Gasteiger partial charge in [-0.1, -0.05) is 49.7 Å². The molecule has 6 nitrogen and oxygen atoms in total. The minimum atomic E-state index is -0.340. The average molecular weight is 463 g/mol. The number of hydrogen-bond acceptors (Lipinski definition) is 5. The molecule has 0 aliphatic carbocycles. The van der Waals surface area contributed by atoms with E-state index in [0.717, 1.165) is 18.4 Å². The Hall–Kier alpha value is -3.54. The highest BCUT2D eigenvalue weighted by molar-refractivity contribution is 6.11. The minimum Gasteiger partial charge on any atom is -0.466 e. The number of nitrogens with one attached hydrogen (secondary N) is 1. The normalized spacial score (nSPS) is 11.4. The van der Waals surface area contributed by atoms with Crippen molar-refractivity contribution in [1.29, 1.82) is 0 Å². The van der Waals surface area contributed by atoms with Gasteiger partial charge < -0.3 is 10.1 Å². The molecule has 0 aliphatic rings. The molecule has 180 valence electrons. The topological polar surface area (TPSA) is 84.8 Å². The third-order valence-corrected chi connectivity index (χ3v) is 5.22. The van der Waals surface area contributed by atoms with Crippen molar-refractivity contribution in [2.24, 2.45) is 4.99 Å². The number of allylic oxidation sites excluding steroid dienone is 2. The summed E-state index contributed by atoms with van der Waals surface area (Å²) in [5, 5.41) is 2.70. The molecular formula is C28H34N2O4. The number of amides is 1. The van der Waals surface area contributed by atoms with Crippen LogP contribution in [0.15, 0.2) is 65.7 Å². The molecule has 0 saturated heterocycles. The van der Waals surface area contributed by atoms with E-state index in [2.05, 4.69) is 35.4 Å². The molecule has 0 aliphatic heterocycles. The highest BCUT2D eigenvalue weighted by Crippen LogP contribution is 2.11. The molecule has 34 heavy (non-hydrogen) atoms. The van der Waals surface area contributed by atoms with E-state index in [9.17, 15) is 14.4 Å². The first-order valence-corrected chi connectivity index (χ1v) is 11.8. The third-order valence-electron chi connectivity index (χ3n) is 5.22. The molecule has 2 rings (SSSR count). The fraction of sp³-hybridized carbons (Fsp3) is 0.357. The maximum absolute atomic E-state index is 12.4. The van der Waals surface area contributed by atoms with Gasteiger partial charge in [0.15, 0.2) is 5.78 Å². The number of carbonyl (C=O) groups excluding carboxylic acids is 3. The number of ether oxygens (including phenoxy) is 1. The molecule has 0 radical (unpaired) electrons. The second-order valence-electron chi connectivity index (χ2n) is 7.87. The molecular weight excluding hydrogens is 428 g/mol. The average Bonchev–Trinajstić information content (AvgIpc) is 2.84. The number of carbonyl (C=O) groups is 3. The van der Waals surface area contributed by atoms with Crippen molar-refractivity contribution >= 4 is 23.4 Å². The van der Waals surface area contributed by atoms with E-state index in [-0.39, 0.29) is 30.6 Å². The second kappa shape index (κ2) is 14.6. The Bertz CT molecular complexity index is 1020. The number of ketones is 1. The van der Waals surface area contributed by atoms with Gasteiger partial charge in [-0.15, -0.1) is 0 Å². The van der Waals surface area contributed by atoms with Crippen LogP contribution in [0.2, 0.25) is 0 Å². The summed E-state index contributed by atoms with van der Waals surface area (Å²) in [6.45, 7) is 4.44. The van der Waals surface area contributed by atoms with Crippen LogP contribution in [-0.4, -0.2) is 43.6 Å².